The Labute approximate surface area is 133 Å². The number of nitrogens with zero attached hydrogens (tertiary/aromatic N) is 2. The Bertz CT molecular complexity index is 963. The van der Waals surface area contributed by atoms with Crippen LogP contribution in [0.2, 0.25) is 0 Å². The van der Waals surface area contributed by atoms with Crippen LogP contribution in [0.4, 0.5) is 13.2 Å². The van der Waals surface area contributed by atoms with Gasteiger partial charge < -0.3 is 14.4 Å². The molecule has 3 rings (SSSR count). The van der Waals surface area contributed by atoms with Crippen molar-refractivity contribution in [2.75, 3.05) is 0 Å². The predicted octanol–water partition coefficient (Wildman–Crippen LogP) is 3.20. The molecule has 0 radical (unpaired) electrons. The second-order valence-corrected chi connectivity index (χ2v) is 5.08. The summed E-state index contributed by atoms with van der Waals surface area (Å²) in [4.78, 5) is 15.5. The highest BCUT2D eigenvalue weighted by Gasteiger charge is 2.30. The SMILES string of the molecule is Cn1c(=O)c(O)nc2ccc(-c3ccc(OC(F)(F)F)cc3)cc21. The van der Waals surface area contributed by atoms with Gasteiger partial charge in [0, 0.05) is 7.05 Å². The van der Waals surface area contributed by atoms with Crippen LogP contribution in [0.25, 0.3) is 22.2 Å². The van der Waals surface area contributed by atoms with Crippen molar-refractivity contribution in [1.82, 2.24) is 9.55 Å². The lowest BCUT2D eigenvalue weighted by atomic mass is 10.0. The monoisotopic (exact) mass is 336 g/mol. The maximum absolute atomic E-state index is 12.2. The molecule has 0 saturated heterocycles. The molecule has 0 atom stereocenters. The molecule has 0 amide bonds. The van der Waals surface area contributed by atoms with Gasteiger partial charge in [0.25, 0.3) is 5.88 Å². The van der Waals surface area contributed by atoms with E-state index in [4.69, 9.17) is 0 Å². The van der Waals surface area contributed by atoms with Crippen LogP contribution in [0, 0.1) is 0 Å². The predicted molar refractivity (Wildman–Crippen MR) is 80.8 cm³/mol. The molecule has 0 spiro atoms. The quantitative estimate of drug-likeness (QED) is 0.780. The maximum atomic E-state index is 12.2. The van der Waals surface area contributed by atoms with Crippen molar-refractivity contribution in [2.24, 2.45) is 7.05 Å². The summed E-state index contributed by atoms with van der Waals surface area (Å²) in [6.45, 7) is 0. The van der Waals surface area contributed by atoms with Crippen LogP contribution in [-0.4, -0.2) is 21.0 Å². The van der Waals surface area contributed by atoms with Gasteiger partial charge in [-0.2, -0.15) is 0 Å². The number of ether oxygens (including phenoxy) is 1. The molecule has 8 heteroatoms. The lowest BCUT2D eigenvalue weighted by Crippen LogP contribution is -2.17. The molecule has 2 aromatic carbocycles. The lowest BCUT2D eigenvalue weighted by molar-refractivity contribution is -0.274. The van der Waals surface area contributed by atoms with Gasteiger partial charge in [-0.05, 0) is 35.4 Å². The minimum absolute atomic E-state index is 0.314. The number of alkyl halides is 3. The number of hydrogen-bond donors (Lipinski definition) is 1. The first kappa shape index (κ1) is 15.9. The molecule has 0 saturated carbocycles. The molecular weight excluding hydrogens is 325 g/mol. The average Bonchev–Trinajstić information content (AvgIpc) is 2.52. The first-order valence-corrected chi connectivity index (χ1v) is 6.80. The highest BCUT2D eigenvalue weighted by Crippen LogP contribution is 2.28. The maximum Gasteiger partial charge on any atom is 0.573 e. The molecule has 0 aliphatic carbocycles. The van der Waals surface area contributed by atoms with Gasteiger partial charge in [0.2, 0.25) is 0 Å². The van der Waals surface area contributed by atoms with Gasteiger partial charge in [-0.3, -0.25) is 4.79 Å². The Morgan fingerprint density at radius 3 is 2.33 bits per heavy atom. The normalized spacial score (nSPS) is 11.7. The molecule has 5 nitrogen and oxygen atoms in total. The largest absolute Gasteiger partial charge is 0.573 e. The van der Waals surface area contributed by atoms with Crippen LogP contribution in [0.1, 0.15) is 0 Å². The summed E-state index contributed by atoms with van der Waals surface area (Å²) in [5.74, 6) is -0.905. The van der Waals surface area contributed by atoms with Crippen LogP contribution < -0.4 is 10.3 Å². The summed E-state index contributed by atoms with van der Waals surface area (Å²) >= 11 is 0. The molecule has 0 fully saturated rings. The van der Waals surface area contributed by atoms with E-state index in [0.29, 0.717) is 22.2 Å². The van der Waals surface area contributed by atoms with E-state index >= 15 is 0 Å². The Morgan fingerprint density at radius 2 is 1.71 bits per heavy atom. The molecule has 1 heterocycles. The van der Waals surface area contributed by atoms with Crippen molar-refractivity contribution < 1.29 is 23.0 Å². The minimum atomic E-state index is -4.74. The van der Waals surface area contributed by atoms with E-state index in [1.54, 1.807) is 18.2 Å². The van der Waals surface area contributed by atoms with Gasteiger partial charge in [0.1, 0.15) is 5.75 Å². The summed E-state index contributed by atoms with van der Waals surface area (Å²) in [6, 6.07) is 10.4. The van der Waals surface area contributed by atoms with E-state index in [2.05, 4.69) is 9.72 Å². The summed E-state index contributed by atoms with van der Waals surface area (Å²) in [6.07, 6.45) is -4.74. The number of benzene rings is 2. The van der Waals surface area contributed by atoms with Crippen molar-refractivity contribution in [2.45, 2.75) is 6.36 Å². The van der Waals surface area contributed by atoms with E-state index in [1.807, 2.05) is 0 Å². The van der Waals surface area contributed by atoms with E-state index in [1.165, 1.54) is 35.9 Å². The summed E-state index contributed by atoms with van der Waals surface area (Å²) in [7, 11) is 1.50. The zero-order valence-electron chi connectivity index (χ0n) is 12.3. The van der Waals surface area contributed by atoms with Crippen molar-refractivity contribution in [3.8, 4) is 22.8 Å². The van der Waals surface area contributed by atoms with E-state index < -0.39 is 17.8 Å². The third-order valence-electron chi connectivity index (χ3n) is 3.48. The zero-order chi connectivity index (χ0) is 17.5. The number of hydrogen-bond acceptors (Lipinski definition) is 4. The number of fused-ring (bicyclic) bond motifs is 1. The Hall–Kier alpha value is -3.03. The lowest BCUT2D eigenvalue weighted by Gasteiger charge is -2.10. The molecule has 0 bridgehead atoms. The highest BCUT2D eigenvalue weighted by atomic mass is 19.4. The summed E-state index contributed by atoms with van der Waals surface area (Å²) in [5.41, 5.74) is 1.62. The van der Waals surface area contributed by atoms with Crippen molar-refractivity contribution >= 4 is 11.0 Å². The van der Waals surface area contributed by atoms with Crippen LogP contribution in [0.5, 0.6) is 11.6 Å². The minimum Gasteiger partial charge on any atom is -0.489 e. The van der Waals surface area contributed by atoms with Crippen molar-refractivity contribution in [1.29, 1.82) is 0 Å². The van der Waals surface area contributed by atoms with Crippen LogP contribution in [-0.2, 0) is 7.05 Å². The Balaban J connectivity index is 2.02. The van der Waals surface area contributed by atoms with Gasteiger partial charge >= 0.3 is 11.9 Å². The van der Waals surface area contributed by atoms with Gasteiger partial charge in [0.05, 0.1) is 11.0 Å². The van der Waals surface area contributed by atoms with Gasteiger partial charge in [0.15, 0.2) is 0 Å². The third-order valence-corrected chi connectivity index (χ3v) is 3.48. The number of aromatic hydroxyl groups is 1. The Kier molecular flexibility index (Phi) is 3.67. The number of rotatable bonds is 2. The van der Waals surface area contributed by atoms with Crippen molar-refractivity contribution in [3.05, 3.63) is 52.8 Å². The van der Waals surface area contributed by atoms with Crippen LogP contribution >= 0.6 is 0 Å². The average molecular weight is 336 g/mol. The molecule has 0 unspecified atom stereocenters. The Morgan fingerprint density at radius 1 is 1.08 bits per heavy atom. The number of halogens is 3. The topological polar surface area (TPSA) is 64.4 Å². The molecule has 0 aliphatic heterocycles. The van der Waals surface area contributed by atoms with E-state index in [0.717, 1.165) is 0 Å². The zero-order valence-corrected chi connectivity index (χ0v) is 12.3. The molecule has 24 heavy (non-hydrogen) atoms. The fourth-order valence-electron chi connectivity index (χ4n) is 2.34. The second-order valence-electron chi connectivity index (χ2n) is 5.08. The second kappa shape index (κ2) is 5.55. The standard InChI is InChI=1S/C16H11F3N2O3/c1-21-13-8-10(4-7-12(13)20-14(22)15(21)23)9-2-5-11(6-3-9)24-16(17,18)19/h2-8H,1H3,(H,20,22). The van der Waals surface area contributed by atoms with Crippen LogP contribution in [0.15, 0.2) is 47.3 Å². The first-order chi connectivity index (χ1) is 11.2. The smallest absolute Gasteiger partial charge is 0.489 e. The van der Waals surface area contributed by atoms with E-state index in [-0.39, 0.29) is 5.75 Å². The molecule has 0 aliphatic rings. The van der Waals surface area contributed by atoms with E-state index in [9.17, 15) is 23.1 Å². The molecule has 1 aromatic heterocycles. The molecule has 124 valence electrons. The fraction of sp³-hybridized carbons (Fsp3) is 0.125. The molecule has 1 N–H and O–H groups in total. The number of aryl methyl sites for hydroxylation is 1. The third kappa shape index (κ3) is 3.03. The molecular formula is C16H11F3N2O3. The van der Waals surface area contributed by atoms with Crippen molar-refractivity contribution in [3.63, 3.8) is 0 Å². The highest BCUT2D eigenvalue weighted by molar-refractivity contribution is 5.82. The summed E-state index contributed by atoms with van der Waals surface area (Å²) in [5, 5.41) is 9.46. The van der Waals surface area contributed by atoms with Crippen LogP contribution in [0.3, 0.4) is 0 Å². The molecule has 3 aromatic rings. The first-order valence-electron chi connectivity index (χ1n) is 6.80. The van der Waals surface area contributed by atoms with Gasteiger partial charge in [-0.1, -0.05) is 18.2 Å². The number of aromatic nitrogens is 2. The summed E-state index contributed by atoms with van der Waals surface area (Å²) < 4.78 is 41.6. The van der Waals surface area contributed by atoms with Gasteiger partial charge in [-0.15, -0.1) is 13.2 Å². The van der Waals surface area contributed by atoms with Gasteiger partial charge in [-0.25, -0.2) is 4.98 Å². The fourth-order valence-corrected chi connectivity index (χ4v) is 2.34.